The number of ether oxygens (including phenoxy) is 1. The van der Waals surface area contributed by atoms with Crippen molar-refractivity contribution < 1.29 is 19.1 Å². The lowest BCUT2D eigenvalue weighted by Crippen LogP contribution is -2.42. The number of thiophene rings is 1. The van der Waals surface area contributed by atoms with E-state index in [9.17, 15) is 14.4 Å². The Bertz CT molecular complexity index is 985. The molecular formula is C19H19N5O4S. The minimum atomic E-state index is -0.721. The van der Waals surface area contributed by atoms with Crippen LogP contribution < -0.4 is 10.6 Å². The molecule has 0 bridgehead atoms. The maximum atomic E-state index is 12.2. The molecule has 29 heavy (non-hydrogen) atoms. The molecule has 0 aliphatic heterocycles. The Morgan fingerprint density at radius 1 is 1.21 bits per heavy atom. The summed E-state index contributed by atoms with van der Waals surface area (Å²) >= 11 is 1.59. The number of pyridine rings is 1. The van der Waals surface area contributed by atoms with Crippen molar-refractivity contribution in [3.8, 4) is 5.82 Å². The summed E-state index contributed by atoms with van der Waals surface area (Å²) in [6.45, 7) is 1.51. The molecule has 10 heteroatoms. The van der Waals surface area contributed by atoms with Gasteiger partial charge in [0, 0.05) is 17.6 Å². The standard InChI is InChI=1S/C19H19N5O4S/c1-13-15(11-22-24(13)16-6-2-3-8-20-16)18(26)28-12-17(25)23-19(27)21-9-7-14-5-4-10-29-14/h2-6,8,10-11H,7,9,12H2,1H3,(H2,21,23,25,27). The lowest BCUT2D eigenvalue weighted by molar-refractivity contribution is -0.123. The van der Waals surface area contributed by atoms with Gasteiger partial charge in [0.05, 0.1) is 11.9 Å². The van der Waals surface area contributed by atoms with E-state index in [1.807, 2.05) is 17.5 Å². The minimum Gasteiger partial charge on any atom is -0.452 e. The first-order valence-electron chi connectivity index (χ1n) is 8.78. The molecule has 150 valence electrons. The first-order valence-corrected chi connectivity index (χ1v) is 9.66. The van der Waals surface area contributed by atoms with Crippen LogP contribution in [0, 0.1) is 6.92 Å². The summed E-state index contributed by atoms with van der Waals surface area (Å²) in [5, 5.41) is 10.8. The van der Waals surface area contributed by atoms with Gasteiger partial charge in [-0.15, -0.1) is 11.3 Å². The molecule has 0 aliphatic carbocycles. The molecule has 0 unspecified atom stereocenters. The van der Waals surface area contributed by atoms with E-state index in [1.165, 1.54) is 10.9 Å². The number of nitrogens with zero attached hydrogens (tertiary/aromatic N) is 3. The highest BCUT2D eigenvalue weighted by Crippen LogP contribution is 2.13. The number of hydrogen-bond donors (Lipinski definition) is 2. The molecule has 2 N–H and O–H groups in total. The van der Waals surface area contributed by atoms with E-state index in [-0.39, 0.29) is 5.56 Å². The van der Waals surface area contributed by atoms with Crippen LogP contribution in [0.2, 0.25) is 0 Å². The molecule has 0 fully saturated rings. The number of carbonyl (C=O) groups excluding carboxylic acids is 3. The Kier molecular flexibility index (Phi) is 6.69. The molecule has 3 rings (SSSR count). The van der Waals surface area contributed by atoms with Crippen LogP contribution in [-0.2, 0) is 16.0 Å². The summed E-state index contributed by atoms with van der Waals surface area (Å²) in [7, 11) is 0. The van der Waals surface area contributed by atoms with Crippen LogP contribution >= 0.6 is 11.3 Å². The molecule has 0 aliphatic rings. The van der Waals surface area contributed by atoms with E-state index in [1.54, 1.807) is 42.7 Å². The second-order valence-corrected chi connectivity index (χ2v) is 6.99. The van der Waals surface area contributed by atoms with Crippen LogP contribution in [0.1, 0.15) is 20.9 Å². The van der Waals surface area contributed by atoms with Gasteiger partial charge in [-0.1, -0.05) is 12.1 Å². The highest BCUT2D eigenvalue weighted by Gasteiger charge is 2.18. The third kappa shape index (κ3) is 5.48. The van der Waals surface area contributed by atoms with Crippen molar-refractivity contribution in [2.24, 2.45) is 0 Å². The fraction of sp³-hybridized carbons (Fsp3) is 0.211. The highest BCUT2D eigenvalue weighted by atomic mass is 32.1. The maximum absolute atomic E-state index is 12.2. The summed E-state index contributed by atoms with van der Waals surface area (Å²) in [6.07, 6.45) is 3.64. The quantitative estimate of drug-likeness (QED) is 0.572. The second-order valence-electron chi connectivity index (χ2n) is 5.95. The number of urea groups is 1. The van der Waals surface area contributed by atoms with E-state index < -0.39 is 24.5 Å². The number of rotatable bonds is 7. The van der Waals surface area contributed by atoms with Crippen molar-refractivity contribution in [2.75, 3.05) is 13.2 Å². The van der Waals surface area contributed by atoms with Crippen molar-refractivity contribution >= 4 is 29.2 Å². The van der Waals surface area contributed by atoms with Crippen molar-refractivity contribution in [3.63, 3.8) is 0 Å². The summed E-state index contributed by atoms with van der Waals surface area (Å²) < 4.78 is 6.48. The van der Waals surface area contributed by atoms with Crippen LogP contribution in [0.25, 0.3) is 5.82 Å². The smallest absolute Gasteiger partial charge is 0.342 e. The van der Waals surface area contributed by atoms with Gasteiger partial charge >= 0.3 is 12.0 Å². The van der Waals surface area contributed by atoms with Gasteiger partial charge in [0.1, 0.15) is 5.56 Å². The molecule has 0 spiro atoms. The minimum absolute atomic E-state index is 0.212. The van der Waals surface area contributed by atoms with Crippen LogP contribution in [0.3, 0.4) is 0 Å². The average molecular weight is 413 g/mol. The van der Waals surface area contributed by atoms with Gasteiger partial charge in [0.15, 0.2) is 12.4 Å². The number of carbonyl (C=O) groups is 3. The zero-order chi connectivity index (χ0) is 20.6. The van der Waals surface area contributed by atoms with Gasteiger partial charge in [-0.25, -0.2) is 19.3 Å². The number of hydrogen-bond acceptors (Lipinski definition) is 7. The molecule has 3 aromatic heterocycles. The second kappa shape index (κ2) is 9.60. The first kappa shape index (κ1) is 20.2. The molecule has 3 amide bonds. The lowest BCUT2D eigenvalue weighted by atomic mass is 10.2. The van der Waals surface area contributed by atoms with Crippen LogP contribution in [0.5, 0.6) is 0 Å². The predicted octanol–water partition coefficient (Wildman–Crippen LogP) is 1.86. The van der Waals surface area contributed by atoms with Gasteiger partial charge in [-0.2, -0.15) is 5.10 Å². The predicted molar refractivity (Wildman–Crippen MR) is 106 cm³/mol. The highest BCUT2D eigenvalue weighted by molar-refractivity contribution is 7.09. The van der Waals surface area contributed by atoms with Crippen LogP contribution in [-0.4, -0.2) is 45.8 Å². The Morgan fingerprint density at radius 2 is 2.07 bits per heavy atom. The molecule has 0 aromatic carbocycles. The van der Waals surface area contributed by atoms with Crippen molar-refractivity contribution in [3.05, 3.63) is 64.2 Å². The Labute approximate surface area is 170 Å². The third-order valence-electron chi connectivity index (χ3n) is 3.92. The van der Waals surface area contributed by atoms with Crippen molar-refractivity contribution in [1.82, 2.24) is 25.4 Å². The van der Waals surface area contributed by atoms with E-state index >= 15 is 0 Å². The number of esters is 1. The normalized spacial score (nSPS) is 10.4. The third-order valence-corrected chi connectivity index (χ3v) is 4.86. The van der Waals surface area contributed by atoms with Gasteiger partial charge in [0.25, 0.3) is 5.91 Å². The van der Waals surface area contributed by atoms with Crippen molar-refractivity contribution in [1.29, 1.82) is 0 Å². The van der Waals surface area contributed by atoms with Crippen molar-refractivity contribution in [2.45, 2.75) is 13.3 Å². The number of amides is 3. The summed E-state index contributed by atoms with van der Waals surface area (Å²) in [4.78, 5) is 41.1. The van der Waals surface area contributed by atoms with Gasteiger partial charge in [-0.3, -0.25) is 10.1 Å². The Hall–Kier alpha value is -3.53. The zero-order valence-corrected chi connectivity index (χ0v) is 16.4. The zero-order valence-electron chi connectivity index (χ0n) is 15.6. The van der Waals surface area contributed by atoms with Crippen LogP contribution in [0.4, 0.5) is 4.79 Å². The number of aromatic nitrogens is 3. The van der Waals surface area contributed by atoms with E-state index in [4.69, 9.17) is 4.74 Å². The molecule has 0 radical (unpaired) electrons. The van der Waals surface area contributed by atoms with Gasteiger partial charge in [-0.05, 0) is 36.9 Å². The maximum Gasteiger partial charge on any atom is 0.342 e. The SMILES string of the molecule is Cc1c(C(=O)OCC(=O)NC(=O)NCCc2cccs2)cnn1-c1ccccn1. The fourth-order valence-corrected chi connectivity index (χ4v) is 3.20. The number of imide groups is 1. The summed E-state index contributed by atoms with van der Waals surface area (Å²) in [6, 6.07) is 8.58. The molecule has 3 heterocycles. The average Bonchev–Trinajstić information content (AvgIpc) is 3.36. The molecule has 0 atom stereocenters. The lowest BCUT2D eigenvalue weighted by Gasteiger charge is -2.07. The fourth-order valence-electron chi connectivity index (χ4n) is 2.49. The monoisotopic (exact) mass is 413 g/mol. The largest absolute Gasteiger partial charge is 0.452 e. The first-order chi connectivity index (χ1) is 14.0. The topological polar surface area (TPSA) is 115 Å². The summed E-state index contributed by atoms with van der Waals surface area (Å²) in [5.41, 5.74) is 0.740. The Balaban J connectivity index is 1.45. The molecule has 3 aromatic rings. The van der Waals surface area contributed by atoms with E-state index in [0.29, 0.717) is 24.5 Å². The Morgan fingerprint density at radius 3 is 2.79 bits per heavy atom. The van der Waals surface area contributed by atoms with Crippen LogP contribution in [0.15, 0.2) is 48.1 Å². The molecule has 0 saturated heterocycles. The van der Waals surface area contributed by atoms with Gasteiger partial charge < -0.3 is 10.1 Å². The summed E-state index contributed by atoms with van der Waals surface area (Å²) in [5.74, 6) is -0.874. The van der Waals surface area contributed by atoms with Gasteiger partial charge in [0.2, 0.25) is 0 Å². The molecular weight excluding hydrogens is 394 g/mol. The van der Waals surface area contributed by atoms with E-state index in [0.717, 1.165) is 4.88 Å². The molecule has 0 saturated carbocycles. The number of nitrogens with one attached hydrogen (secondary N) is 2. The molecule has 9 nitrogen and oxygen atoms in total. The van der Waals surface area contributed by atoms with E-state index in [2.05, 4.69) is 20.7 Å².